The molecule has 0 fully saturated rings. The third-order valence-electron chi connectivity index (χ3n) is 5.11. The Morgan fingerprint density at radius 3 is 2.86 bits per heavy atom. The van der Waals surface area contributed by atoms with Gasteiger partial charge < -0.3 is 14.8 Å². The van der Waals surface area contributed by atoms with Crippen LogP contribution in [0, 0.1) is 20.8 Å². The van der Waals surface area contributed by atoms with Gasteiger partial charge >= 0.3 is 0 Å². The van der Waals surface area contributed by atoms with E-state index in [2.05, 4.69) is 22.2 Å². The minimum absolute atomic E-state index is 0.111. The second-order valence-electron chi connectivity index (χ2n) is 7.41. The van der Waals surface area contributed by atoms with Crippen LogP contribution in [-0.4, -0.2) is 28.6 Å². The van der Waals surface area contributed by atoms with E-state index in [0.717, 1.165) is 56.3 Å². The summed E-state index contributed by atoms with van der Waals surface area (Å²) in [5, 5.41) is 4.01. The van der Waals surface area contributed by atoms with E-state index in [1.54, 1.807) is 0 Å². The highest BCUT2D eigenvalue weighted by atomic mass is 32.1. The molecule has 1 amide bonds. The average molecular weight is 412 g/mol. The van der Waals surface area contributed by atoms with Crippen LogP contribution in [0.2, 0.25) is 0 Å². The molecule has 1 aliphatic rings. The van der Waals surface area contributed by atoms with Crippen LogP contribution in [-0.2, 0) is 13.0 Å². The van der Waals surface area contributed by atoms with Crippen molar-refractivity contribution in [1.29, 1.82) is 0 Å². The molecule has 4 rings (SSSR count). The molecule has 0 spiro atoms. The fourth-order valence-corrected chi connectivity index (χ4v) is 5.05. The third-order valence-corrected chi connectivity index (χ3v) is 6.29. The molecule has 0 saturated heterocycles. The zero-order valence-electron chi connectivity index (χ0n) is 17.4. The van der Waals surface area contributed by atoms with Gasteiger partial charge in [0.05, 0.1) is 11.5 Å². The molecule has 1 N–H and O–H groups in total. The maximum Gasteiger partial charge on any atom is 0.261 e. The van der Waals surface area contributed by atoms with Crippen molar-refractivity contribution in [2.24, 2.45) is 0 Å². The summed E-state index contributed by atoms with van der Waals surface area (Å²) in [5.74, 6) is 2.29. The first-order valence-electron chi connectivity index (χ1n) is 9.85. The number of nitrogens with zero attached hydrogens (tertiary/aromatic N) is 2. The zero-order valence-corrected chi connectivity index (χ0v) is 18.2. The van der Waals surface area contributed by atoms with E-state index in [4.69, 9.17) is 9.47 Å². The van der Waals surface area contributed by atoms with Gasteiger partial charge in [-0.25, -0.2) is 9.97 Å². The molecule has 0 radical (unpaired) electrons. The number of aryl methyl sites for hydroxylation is 3. The van der Waals surface area contributed by atoms with Crippen LogP contribution in [0.5, 0.6) is 11.5 Å². The Morgan fingerprint density at radius 1 is 1.31 bits per heavy atom. The van der Waals surface area contributed by atoms with Crippen molar-refractivity contribution in [3.63, 3.8) is 0 Å². The highest BCUT2D eigenvalue weighted by Gasteiger charge is 2.23. The summed E-state index contributed by atoms with van der Waals surface area (Å²) in [6.45, 7) is 10.7. The van der Waals surface area contributed by atoms with Crippen LogP contribution < -0.4 is 14.8 Å². The number of fused-ring (bicyclic) bond motifs is 2. The minimum Gasteiger partial charge on any atom is -0.494 e. The molecule has 0 bridgehead atoms. The Morgan fingerprint density at radius 2 is 2.10 bits per heavy atom. The molecule has 1 aromatic carbocycles. The van der Waals surface area contributed by atoms with Gasteiger partial charge in [0.1, 0.15) is 28.3 Å². The van der Waals surface area contributed by atoms with Crippen LogP contribution in [0.15, 0.2) is 12.1 Å². The third kappa shape index (κ3) is 3.67. The number of aromatic nitrogens is 2. The number of thiophene rings is 1. The first-order chi connectivity index (χ1) is 13.9. The van der Waals surface area contributed by atoms with Crippen LogP contribution in [0.25, 0.3) is 10.2 Å². The lowest BCUT2D eigenvalue weighted by Gasteiger charge is -2.13. The van der Waals surface area contributed by atoms with E-state index in [-0.39, 0.29) is 12.0 Å². The summed E-state index contributed by atoms with van der Waals surface area (Å²) in [6.07, 6.45) is 1.04. The second-order valence-corrected chi connectivity index (χ2v) is 8.41. The normalized spacial score (nSPS) is 15.3. The van der Waals surface area contributed by atoms with Crippen molar-refractivity contribution < 1.29 is 14.3 Å². The van der Waals surface area contributed by atoms with Gasteiger partial charge in [-0.2, -0.15) is 0 Å². The number of hydrogen-bond donors (Lipinski definition) is 1. The number of carbonyl (C=O) groups excluding carboxylic acids is 1. The predicted molar refractivity (Wildman–Crippen MR) is 114 cm³/mol. The molecule has 2 aromatic heterocycles. The van der Waals surface area contributed by atoms with Gasteiger partial charge in [-0.3, -0.25) is 4.79 Å². The van der Waals surface area contributed by atoms with E-state index >= 15 is 0 Å². The molecule has 1 unspecified atom stereocenters. The molecule has 3 heterocycles. The van der Waals surface area contributed by atoms with Gasteiger partial charge in [0.25, 0.3) is 5.91 Å². The number of nitrogens with one attached hydrogen (secondary N) is 1. The van der Waals surface area contributed by atoms with Crippen LogP contribution >= 0.6 is 11.3 Å². The molecular formula is C22H25N3O3S. The molecule has 0 aliphatic carbocycles. The maximum absolute atomic E-state index is 12.9. The summed E-state index contributed by atoms with van der Waals surface area (Å²) in [7, 11) is 0. The summed E-state index contributed by atoms with van der Waals surface area (Å²) >= 11 is 1.41. The average Bonchev–Trinajstić information content (AvgIpc) is 3.18. The van der Waals surface area contributed by atoms with Crippen LogP contribution in [0.1, 0.15) is 51.7 Å². The van der Waals surface area contributed by atoms with E-state index in [1.807, 2.05) is 39.8 Å². The predicted octanol–water partition coefficient (Wildman–Crippen LogP) is 4.27. The summed E-state index contributed by atoms with van der Waals surface area (Å²) in [5.41, 5.74) is 3.90. The lowest BCUT2D eigenvalue weighted by atomic mass is 10.1. The monoisotopic (exact) mass is 411 g/mol. The fourth-order valence-electron chi connectivity index (χ4n) is 3.86. The van der Waals surface area contributed by atoms with E-state index in [9.17, 15) is 4.79 Å². The number of hydrogen-bond acceptors (Lipinski definition) is 6. The van der Waals surface area contributed by atoms with Crippen molar-refractivity contribution in [2.75, 3.05) is 6.61 Å². The second kappa shape index (κ2) is 7.63. The van der Waals surface area contributed by atoms with Gasteiger partial charge in [-0.15, -0.1) is 11.3 Å². The van der Waals surface area contributed by atoms with Crippen molar-refractivity contribution in [2.45, 2.75) is 53.7 Å². The van der Waals surface area contributed by atoms with Crippen molar-refractivity contribution >= 4 is 27.5 Å². The summed E-state index contributed by atoms with van der Waals surface area (Å²) in [6, 6.07) is 4.02. The minimum atomic E-state index is -0.111. The van der Waals surface area contributed by atoms with Gasteiger partial charge in [-0.05, 0) is 52.3 Å². The standard InChI is InChI=1S/C22H25N3O3S/c1-6-27-17-8-15-7-11(2)28-18(15)9-16(17)10-23-21(26)20-12(3)19-13(4)24-14(5)25-22(19)29-20/h8-9,11H,6-7,10H2,1-5H3,(H,23,26). The Bertz CT molecular complexity index is 1110. The van der Waals surface area contributed by atoms with Crippen molar-refractivity contribution in [3.05, 3.63) is 45.2 Å². The summed E-state index contributed by atoms with van der Waals surface area (Å²) < 4.78 is 11.7. The smallest absolute Gasteiger partial charge is 0.261 e. The quantitative estimate of drug-likeness (QED) is 0.679. The van der Waals surface area contributed by atoms with E-state index in [0.29, 0.717) is 18.0 Å². The maximum atomic E-state index is 12.9. The van der Waals surface area contributed by atoms with E-state index in [1.165, 1.54) is 11.3 Å². The number of benzene rings is 1. The first kappa shape index (κ1) is 19.6. The van der Waals surface area contributed by atoms with Crippen LogP contribution in [0.4, 0.5) is 0 Å². The largest absolute Gasteiger partial charge is 0.494 e. The zero-order chi connectivity index (χ0) is 20.7. The SMILES string of the molecule is CCOc1cc2c(cc1CNC(=O)c1sc3nc(C)nc(C)c3c1C)OC(C)C2. The fraction of sp³-hybridized carbons (Fsp3) is 0.409. The highest BCUT2D eigenvalue weighted by molar-refractivity contribution is 7.20. The van der Waals surface area contributed by atoms with Crippen LogP contribution in [0.3, 0.4) is 0 Å². The lowest BCUT2D eigenvalue weighted by Crippen LogP contribution is -2.23. The molecular weight excluding hydrogens is 386 g/mol. The molecule has 152 valence electrons. The van der Waals surface area contributed by atoms with E-state index < -0.39 is 0 Å². The van der Waals surface area contributed by atoms with Gasteiger partial charge in [0, 0.05) is 35.2 Å². The van der Waals surface area contributed by atoms with Crippen molar-refractivity contribution in [1.82, 2.24) is 15.3 Å². The molecule has 7 heteroatoms. The topological polar surface area (TPSA) is 73.3 Å². The van der Waals surface area contributed by atoms with Gasteiger partial charge in [0.15, 0.2) is 0 Å². The molecule has 6 nitrogen and oxygen atoms in total. The number of ether oxygens (including phenoxy) is 2. The Hall–Kier alpha value is -2.67. The Labute approximate surface area is 174 Å². The highest BCUT2D eigenvalue weighted by Crippen LogP contribution is 2.35. The number of amides is 1. The molecule has 3 aromatic rings. The number of rotatable bonds is 5. The summed E-state index contributed by atoms with van der Waals surface area (Å²) in [4.78, 5) is 23.4. The molecule has 0 saturated carbocycles. The van der Waals surface area contributed by atoms with Gasteiger partial charge in [0.2, 0.25) is 0 Å². The Balaban J connectivity index is 1.59. The van der Waals surface area contributed by atoms with Crippen molar-refractivity contribution in [3.8, 4) is 11.5 Å². The lowest BCUT2D eigenvalue weighted by molar-refractivity contribution is 0.0954. The molecule has 1 aliphatic heterocycles. The number of carbonyl (C=O) groups is 1. The first-order valence-corrected chi connectivity index (χ1v) is 10.7. The molecule has 1 atom stereocenters. The molecule has 29 heavy (non-hydrogen) atoms. The van der Waals surface area contributed by atoms with Gasteiger partial charge in [-0.1, -0.05) is 0 Å². The Kier molecular flexibility index (Phi) is 5.17.